The van der Waals surface area contributed by atoms with Gasteiger partial charge in [-0.3, -0.25) is 0 Å². The summed E-state index contributed by atoms with van der Waals surface area (Å²) in [4.78, 5) is 10.2. The fourth-order valence-electron chi connectivity index (χ4n) is 1.92. The quantitative estimate of drug-likeness (QED) is 0.663. The van der Waals surface area contributed by atoms with Crippen LogP contribution in [-0.4, -0.2) is 6.29 Å². The van der Waals surface area contributed by atoms with Gasteiger partial charge in [-0.1, -0.05) is 30.7 Å². The van der Waals surface area contributed by atoms with Crippen molar-refractivity contribution >= 4 is 6.29 Å². The maximum Gasteiger partial charge on any atom is 0.120 e. The van der Waals surface area contributed by atoms with Crippen molar-refractivity contribution in [2.45, 2.75) is 38.0 Å². The minimum atomic E-state index is 0.642. The molecule has 1 aromatic carbocycles. The average molecular weight is 188 g/mol. The molecule has 1 fully saturated rings. The van der Waals surface area contributed by atoms with E-state index >= 15 is 0 Å². The Hall–Kier alpha value is -1.11. The summed E-state index contributed by atoms with van der Waals surface area (Å²) < 4.78 is 0. The van der Waals surface area contributed by atoms with E-state index in [1.165, 1.54) is 30.4 Å². The Labute approximate surface area is 85.1 Å². The summed E-state index contributed by atoms with van der Waals surface area (Å²) in [5, 5.41) is 0. The predicted molar refractivity (Wildman–Crippen MR) is 57.4 cm³/mol. The highest BCUT2D eigenvalue weighted by Gasteiger charge is 2.18. The van der Waals surface area contributed by atoms with E-state index in [0.29, 0.717) is 6.42 Å². The highest BCUT2D eigenvalue weighted by molar-refractivity contribution is 5.50. The molecule has 0 amide bonds. The maximum absolute atomic E-state index is 10.2. The minimum Gasteiger partial charge on any atom is -0.303 e. The van der Waals surface area contributed by atoms with Crippen LogP contribution in [0.2, 0.25) is 0 Å². The molecule has 0 bridgehead atoms. The van der Waals surface area contributed by atoms with Crippen molar-refractivity contribution in [2.75, 3.05) is 0 Å². The fraction of sp³-hybridized carbons (Fsp3) is 0.462. The molecule has 1 aliphatic carbocycles. The number of rotatable bonds is 4. The number of hydrogen-bond acceptors (Lipinski definition) is 1. The summed E-state index contributed by atoms with van der Waals surface area (Å²) in [5.74, 6) is 0.815. The summed E-state index contributed by atoms with van der Waals surface area (Å²) in [6.07, 6.45) is 6.61. The molecule has 14 heavy (non-hydrogen) atoms. The van der Waals surface area contributed by atoms with Gasteiger partial charge in [-0.15, -0.1) is 0 Å². The Kier molecular flexibility index (Phi) is 2.97. The molecule has 74 valence electrons. The van der Waals surface area contributed by atoms with Gasteiger partial charge in [0.05, 0.1) is 0 Å². The largest absolute Gasteiger partial charge is 0.303 e. The average Bonchev–Trinajstić information content (AvgIpc) is 2.14. The molecule has 0 atom stereocenters. The first kappa shape index (κ1) is 9.45. The zero-order valence-corrected chi connectivity index (χ0v) is 8.41. The van der Waals surface area contributed by atoms with Crippen LogP contribution in [-0.2, 0) is 11.2 Å². The molecule has 0 aliphatic heterocycles. The van der Waals surface area contributed by atoms with E-state index in [1.807, 2.05) is 0 Å². The van der Waals surface area contributed by atoms with E-state index in [1.54, 1.807) is 0 Å². The lowest BCUT2D eigenvalue weighted by Gasteiger charge is -2.25. The molecular formula is C13H16O. The van der Waals surface area contributed by atoms with E-state index in [4.69, 9.17) is 0 Å². The Balaban J connectivity index is 1.98. The summed E-state index contributed by atoms with van der Waals surface area (Å²) >= 11 is 0. The zero-order valence-electron chi connectivity index (χ0n) is 8.41. The molecule has 1 nitrogen and oxygen atoms in total. The van der Waals surface area contributed by atoms with E-state index < -0.39 is 0 Å². The Morgan fingerprint density at radius 3 is 2.43 bits per heavy atom. The number of aryl methyl sites for hydroxylation is 1. The summed E-state index contributed by atoms with van der Waals surface area (Å²) in [6, 6.07) is 8.78. The molecule has 0 aromatic heterocycles. The monoisotopic (exact) mass is 188 g/mol. The first-order valence-corrected chi connectivity index (χ1v) is 5.42. The van der Waals surface area contributed by atoms with Gasteiger partial charge in [0.1, 0.15) is 6.29 Å². The number of hydrogen-bond donors (Lipinski definition) is 0. The molecule has 0 spiro atoms. The lowest BCUT2D eigenvalue weighted by Crippen LogP contribution is -2.08. The van der Waals surface area contributed by atoms with Crippen LogP contribution in [0, 0.1) is 0 Å². The van der Waals surface area contributed by atoms with Gasteiger partial charge < -0.3 is 4.79 Å². The van der Waals surface area contributed by atoms with Crippen LogP contribution in [0.3, 0.4) is 0 Å². The van der Waals surface area contributed by atoms with Gasteiger partial charge in [0.2, 0.25) is 0 Å². The lowest BCUT2D eigenvalue weighted by molar-refractivity contribution is -0.107. The van der Waals surface area contributed by atoms with Gasteiger partial charge in [-0.25, -0.2) is 0 Å². The van der Waals surface area contributed by atoms with Crippen LogP contribution in [0.15, 0.2) is 24.3 Å². The molecular weight excluding hydrogens is 172 g/mol. The van der Waals surface area contributed by atoms with Crippen molar-refractivity contribution in [3.05, 3.63) is 35.4 Å². The SMILES string of the molecule is O=CCCc1ccc(C2CCC2)cc1. The van der Waals surface area contributed by atoms with Gasteiger partial charge in [0.25, 0.3) is 0 Å². The van der Waals surface area contributed by atoms with Crippen LogP contribution in [0.4, 0.5) is 0 Å². The van der Waals surface area contributed by atoms with Crippen molar-refractivity contribution < 1.29 is 4.79 Å². The Morgan fingerprint density at radius 1 is 1.21 bits per heavy atom. The molecule has 0 saturated heterocycles. The van der Waals surface area contributed by atoms with E-state index in [9.17, 15) is 4.79 Å². The van der Waals surface area contributed by atoms with Crippen LogP contribution in [0.5, 0.6) is 0 Å². The molecule has 1 aliphatic rings. The molecule has 1 aromatic rings. The number of aldehydes is 1. The third-order valence-corrected chi connectivity index (χ3v) is 3.11. The van der Waals surface area contributed by atoms with Gasteiger partial charge in [0, 0.05) is 6.42 Å². The van der Waals surface area contributed by atoms with E-state index in [-0.39, 0.29) is 0 Å². The first-order chi connectivity index (χ1) is 6.90. The molecule has 2 rings (SSSR count). The van der Waals surface area contributed by atoms with Gasteiger partial charge in [-0.05, 0) is 36.3 Å². The first-order valence-electron chi connectivity index (χ1n) is 5.42. The topological polar surface area (TPSA) is 17.1 Å². The molecule has 1 heteroatoms. The van der Waals surface area contributed by atoms with Crippen LogP contribution in [0.25, 0.3) is 0 Å². The second kappa shape index (κ2) is 4.41. The molecule has 0 radical (unpaired) electrons. The van der Waals surface area contributed by atoms with Crippen molar-refractivity contribution in [2.24, 2.45) is 0 Å². The van der Waals surface area contributed by atoms with Crippen molar-refractivity contribution in [3.63, 3.8) is 0 Å². The third-order valence-electron chi connectivity index (χ3n) is 3.11. The predicted octanol–water partition coefficient (Wildman–Crippen LogP) is 3.09. The smallest absolute Gasteiger partial charge is 0.120 e. The summed E-state index contributed by atoms with van der Waals surface area (Å²) in [7, 11) is 0. The minimum absolute atomic E-state index is 0.642. The summed E-state index contributed by atoms with van der Waals surface area (Å²) in [5.41, 5.74) is 2.76. The molecule has 1 saturated carbocycles. The standard InChI is InChI=1S/C13H16O/c14-10-2-3-11-6-8-13(9-7-11)12-4-1-5-12/h6-10,12H,1-5H2. The normalized spacial score (nSPS) is 16.3. The van der Waals surface area contributed by atoms with Crippen molar-refractivity contribution in [1.82, 2.24) is 0 Å². The summed E-state index contributed by atoms with van der Waals surface area (Å²) in [6.45, 7) is 0. The molecule has 0 N–H and O–H groups in total. The van der Waals surface area contributed by atoms with Crippen LogP contribution >= 0.6 is 0 Å². The number of benzene rings is 1. The van der Waals surface area contributed by atoms with Crippen molar-refractivity contribution in [3.8, 4) is 0 Å². The highest BCUT2D eigenvalue weighted by Crippen LogP contribution is 2.36. The number of carbonyl (C=O) groups is 1. The van der Waals surface area contributed by atoms with Crippen LogP contribution in [0.1, 0.15) is 42.7 Å². The lowest BCUT2D eigenvalue weighted by atomic mass is 9.80. The molecule has 0 unspecified atom stereocenters. The van der Waals surface area contributed by atoms with Gasteiger partial charge in [0.15, 0.2) is 0 Å². The van der Waals surface area contributed by atoms with Gasteiger partial charge in [-0.2, -0.15) is 0 Å². The Bertz CT molecular complexity index is 296. The van der Waals surface area contributed by atoms with E-state index in [0.717, 1.165) is 18.6 Å². The van der Waals surface area contributed by atoms with Gasteiger partial charge >= 0.3 is 0 Å². The second-order valence-electron chi connectivity index (χ2n) is 4.07. The fourth-order valence-corrected chi connectivity index (χ4v) is 1.92. The second-order valence-corrected chi connectivity index (χ2v) is 4.07. The highest BCUT2D eigenvalue weighted by atomic mass is 16.1. The van der Waals surface area contributed by atoms with Crippen LogP contribution < -0.4 is 0 Å². The maximum atomic E-state index is 10.2. The van der Waals surface area contributed by atoms with Crippen molar-refractivity contribution in [1.29, 1.82) is 0 Å². The third kappa shape index (κ3) is 2.03. The zero-order chi connectivity index (χ0) is 9.80. The number of carbonyl (C=O) groups excluding carboxylic acids is 1. The Morgan fingerprint density at radius 2 is 1.93 bits per heavy atom. The van der Waals surface area contributed by atoms with E-state index in [2.05, 4.69) is 24.3 Å². The molecule has 0 heterocycles.